The molecule has 0 aromatic carbocycles. The van der Waals surface area contributed by atoms with E-state index in [1.807, 2.05) is 0 Å². The average Bonchev–Trinajstić information content (AvgIpc) is 2.47. The Balaban J connectivity index is 4.47. The number of unbranched alkanes of at least 4 members (excludes halogenated alkanes) is 2. The first-order valence-electron chi connectivity index (χ1n) is 8.94. The fourth-order valence-electron chi connectivity index (χ4n) is 3.25. The molecule has 0 spiro atoms. The van der Waals surface area contributed by atoms with Gasteiger partial charge in [-0.15, -0.1) is 0 Å². The van der Waals surface area contributed by atoms with Gasteiger partial charge in [-0.1, -0.05) is 79.1 Å². The lowest BCUT2D eigenvalue weighted by atomic mass is 9.77. The van der Waals surface area contributed by atoms with E-state index in [-0.39, 0.29) is 12.1 Å². The van der Waals surface area contributed by atoms with Crippen LogP contribution in [-0.4, -0.2) is 17.3 Å². The van der Waals surface area contributed by atoms with Gasteiger partial charge < -0.3 is 10.8 Å². The molecule has 122 valence electrons. The van der Waals surface area contributed by atoms with Crippen molar-refractivity contribution >= 4 is 0 Å². The molecule has 3 N–H and O–H groups in total. The van der Waals surface area contributed by atoms with E-state index in [2.05, 4.69) is 27.7 Å². The number of hydrogen-bond acceptors (Lipinski definition) is 2. The smallest absolute Gasteiger partial charge is 0.0611 e. The quantitative estimate of drug-likeness (QED) is 0.506. The van der Waals surface area contributed by atoms with Crippen molar-refractivity contribution in [2.24, 2.45) is 17.6 Å². The second-order valence-corrected chi connectivity index (χ2v) is 6.76. The number of hydrogen-bond donors (Lipinski definition) is 2. The van der Waals surface area contributed by atoms with Crippen molar-refractivity contribution in [3.05, 3.63) is 0 Å². The Morgan fingerprint density at radius 3 is 1.50 bits per heavy atom. The summed E-state index contributed by atoms with van der Waals surface area (Å²) >= 11 is 0. The third kappa shape index (κ3) is 8.26. The Kier molecular flexibility index (Phi) is 11.5. The third-order valence-corrected chi connectivity index (χ3v) is 4.79. The first-order valence-corrected chi connectivity index (χ1v) is 8.94. The highest BCUT2D eigenvalue weighted by molar-refractivity contribution is 4.88. The maximum Gasteiger partial charge on any atom is 0.0611 e. The lowest BCUT2D eigenvalue weighted by molar-refractivity contribution is 0.133. The number of nitrogens with two attached hydrogens (primary N) is 1. The van der Waals surface area contributed by atoms with Gasteiger partial charge in [-0.3, -0.25) is 0 Å². The molecule has 0 fully saturated rings. The summed E-state index contributed by atoms with van der Waals surface area (Å²) in [5, 5.41) is 9.80. The first-order chi connectivity index (χ1) is 9.55. The lowest BCUT2D eigenvalue weighted by Crippen LogP contribution is -2.47. The summed E-state index contributed by atoms with van der Waals surface area (Å²) < 4.78 is 0. The van der Waals surface area contributed by atoms with Crippen molar-refractivity contribution in [1.82, 2.24) is 0 Å². The van der Waals surface area contributed by atoms with Crippen LogP contribution in [0.1, 0.15) is 91.9 Å². The average molecular weight is 286 g/mol. The maximum atomic E-state index is 9.80. The van der Waals surface area contributed by atoms with Gasteiger partial charge in [0.1, 0.15) is 0 Å². The molecule has 0 aliphatic carbocycles. The molecule has 0 aliphatic rings. The molecule has 0 aliphatic heterocycles. The summed E-state index contributed by atoms with van der Waals surface area (Å²) in [6.07, 6.45) is 11.9. The Labute approximate surface area is 127 Å². The van der Waals surface area contributed by atoms with E-state index in [0.29, 0.717) is 11.8 Å². The van der Waals surface area contributed by atoms with E-state index in [0.717, 1.165) is 12.8 Å². The van der Waals surface area contributed by atoms with Gasteiger partial charge in [-0.25, -0.2) is 0 Å². The van der Waals surface area contributed by atoms with E-state index in [1.165, 1.54) is 51.4 Å². The molecule has 2 nitrogen and oxygen atoms in total. The van der Waals surface area contributed by atoms with Crippen molar-refractivity contribution < 1.29 is 5.11 Å². The zero-order chi connectivity index (χ0) is 15.4. The summed E-state index contributed by atoms with van der Waals surface area (Å²) in [7, 11) is 0. The van der Waals surface area contributed by atoms with Crippen LogP contribution in [0.4, 0.5) is 0 Å². The molecule has 0 aromatic heterocycles. The molecule has 2 atom stereocenters. The van der Waals surface area contributed by atoms with E-state index in [9.17, 15) is 5.11 Å². The predicted molar refractivity (Wildman–Crippen MR) is 89.9 cm³/mol. The predicted octanol–water partition coefficient (Wildman–Crippen LogP) is 4.89. The molecule has 0 heterocycles. The number of aliphatic hydroxyl groups is 1. The number of rotatable bonds is 13. The number of aliphatic hydroxyl groups excluding tert-OH is 1. The van der Waals surface area contributed by atoms with Gasteiger partial charge in [0.15, 0.2) is 0 Å². The Bertz CT molecular complexity index is 199. The van der Waals surface area contributed by atoms with E-state index < -0.39 is 0 Å². The first kappa shape index (κ1) is 19.9. The Hall–Kier alpha value is -0.0800. The van der Waals surface area contributed by atoms with Crippen LogP contribution in [0.15, 0.2) is 0 Å². The molecule has 0 radical (unpaired) electrons. The van der Waals surface area contributed by atoms with Crippen molar-refractivity contribution in [2.45, 2.75) is 97.4 Å². The standard InChI is InChI=1S/C18H39NO/c1-5-9-11-16(7-3)13-18(19,15-20)14-17(8-4)12-10-6-2/h16-17,20H,5-15,19H2,1-4H3. The highest BCUT2D eigenvalue weighted by atomic mass is 16.3. The van der Waals surface area contributed by atoms with Crippen LogP contribution in [0.5, 0.6) is 0 Å². The largest absolute Gasteiger partial charge is 0.394 e. The van der Waals surface area contributed by atoms with Crippen LogP contribution in [0.2, 0.25) is 0 Å². The summed E-state index contributed by atoms with van der Waals surface area (Å²) in [5.41, 5.74) is 6.19. The molecule has 0 amide bonds. The molecule has 2 heteroatoms. The van der Waals surface area contributed by atoms with E-state index in [4.69, 9.17) is 5.73 Å². The van der Waals surface area contributed by atoms with Crippen molar-refractivity contribution in [1.29, 1.82) is 0 Å². The Morgan fingerprint density at radius 1 is 0.850 bits per heavy atom. The minimum Gasteiger partial charge on any atom is -0.394 e. The molecular formula is C18H39NO. The molecule has 2 unspecified atom stereocenters. The fraction of sp³-hybridized carbons (Fsp3) is 1.00. The van der Waals surface area contributed by atoms with Gasteiger partial charge >= 0.3 is 0 Å². The van der Waals surface area contributed by atoms with E-state index >= 15 is 0 Å². The van der Waals surface area contributed by atoms with Gasteiger partial charge in [0.05, 0.1) is 6.61 Å². The normalized spacial score (nSPS) is 17.7. The van der Waals surface area contributed by atoms with E-state index in [1.54, 1.807) is 0 Å². The molecule has 0 aromatic rings. The molecule has 0 rings (SSSR count). The summed E-state index contributed by atoms with van der Waals surface area (Å²) in [4.78, 5) is 0. The molecule has 0 saturated heterocycles. The molecular weight excluding hydrogens is 246 g/mol. The SMILES string of the molecule is CCCCC(CC)CC(N)(CO)CC(CC)CCCC. The van der Waals surface area contributed by atoms with Crippen LogP contribution in [-0.2, 0) is 0 Å². The zero-order valence-electron chi connectivity index (χ0n) is 14.5. The van der Waals surface area contributed by atoms with Crippen molar-refractivity contribution in [2.75, 3.05) is 6.61 Å². The maximum absolute atomic E-state index is 9.80. The highest BCUT2D eigenvalue weighted by Gasteiger charge is 2.30. The molecule has 0 saturated carbocycles. The minimum atomic E-state index is -0.358. The van der Waals surface area contributed by atoms with Gasteiger partial charge in [0.25, 0.3) is 0 Å². The van der Waals surface area contributed by atoms with Crippen molar-refractivity contribution in [3.8, 4) is 0 Å². The lowest BCUT2D eigenvalue weighted by Gasteiger charge is -2.34. The van der Waals surface area contributed by atoms with Gasteiger partial charge in [0, 0.05) is 5.54 Å². The third-order valence-electron chi connectivity index (χ3n) is 4.79. The van der Waals surface area contributed by atoms with Crippen LogP contribution in [0, 0.1) is 11.8 Å². The Morgan fingerprint density at radius 2 is 1.25 bits per heavy atom. The monoisotopic (exact) mass is 285 g/mol. The fourth-order valence-corrected chi connectivity index (χ4v) is 3.25. The van der Waals surface area contributed by atoms with Gasteiger partial charge in [-0.2, -0.15) is 0 Å². The van der Waals surface area contributed by atoms with Crippen molar-refractivity contribution in [3.63, 3.8) is 0 Å². The molecule has 20 heavy (non-hydrogen) atoms. The van der Waals surface area contributed by atoms with Gasteiger partial charge in [-0.05, 0) is 24.7 Å². The summed E-state index contributed by atoms with van der Waals surface area (Å²) in [6.45, 7) is 9.13. The molecule has 0 bridgehead atoms. The van der Waals surface area contributed by atoms with Gasteiger partial charge in [0.2, 0.25) is 0 Å². The second kappa shape index (κ2) is 11.6. The zero-order valence-corrected chi connectivity index (χ0v) is 14.5. The van der Waals surface area contributed by atoms with Crippen LogP contribution >= 0.6 is 0 Å². The second-order valence-electron chi connectivity index (χ2n) is 6.76. The summed E-state index contributed by atoms with van der Waals surface area (Å²) in [5.74, 6) is 1.35. The van der Waals surface area contributed by atoms with Crippen LogP contribution < -0.4 is 5.73 Å². The topological polar surface area (TPSA) is 46.2 Å². The minimum absolute atomic E-state index is 0.137. The van der Waals surface area contributed by atoms with Crippen LogP contribution in [0.3, 0.4) is 0 Å². The van der Waals surface area contributed by atoms with Crippen LogP contribution in [0.25, 0.3) is 0 Å². The summed E-state index contributed by atoms with van der Waals surface area (Å²) in [6, 6.07) is 0. The highest BCUT2D eigenvalue weighted by Crippen LogP contribution is 2.30.